The average molecular weight is 286 g/mol. The molecule has 1 saturated heterocycles. The van der Waals surface area contributed by atoms with E-state index in [9.17, 15) is 8.42 Å². The fourth-order valence-corrected chi connectivity index (χ4v) is 2.98. The number of nitrogens with one attached hydrogen (secondary N) is 1. The zero-order valence-corrected chi connectivity index (χ0v) is 10.4. The van der Waals surface area contributed by atoms with Gasteiger partial charge >= 0.3 is 0 Å². The van der Waals surface area contributed by atoms with E-state index in [2.05, 4.69) is 20.7 Å². The van der Waals surface area contributed by atoms with Gasteiger partial charge in [-0.1, -0.05) is 15.9 Å². The van der Waals surface area contributed by atoms with Crippen molar-refractivity contribution in [1.29, 1.82) is 0 Å². The van der Waals surface area contributed by atoms with Crippen molar-refractivity contribution in [3.63, 3.8) is 0 Å². The van der Waals surface area contributed by atoms with Gasteiger partial charge < -0.3 is 4.74 Å². The molecule has 84 valence electrons. The van der Waals surface area contributed by atoms with Crippen molar-refractivity contribution >= 4 is 26.0 Å². The molecule has 0 spiro atoms. The van der Waals surface area contributed by atoms with Crippen molar-refractivity contribution in [2.45, 2.75) is 25.4 Å². The monoisotopic (exact) mass is 285 g/mol. The lowest BCUT2D eigenvalue weighted by Crippen LogP contribution is -2.32. The molecular formula is C8H16BrNO3S. The summed E-state index contributed by atoms with van der Waals surface area (Å²) in [6, 6.07) is 0. The average Bonchev–Trinajstić information content (AvgIpc) is 2.56. The highest BCUT2D eigenvalue weighted by molar-refractivity contribution is 9.09. The van der Waals surface area contributed by atoms with E-state index in [0.29, 0.717) is 13.2 Å². The molecule has 0 radical (unpaired) electrons. The molecule has 1 atom stereocenters. The van der Waals surface area contributed by atoms with E-state index in [1.807, 2.05) is 0 Å². The van der Waals surface area contributed by atoms with E-state index < -0.39 is 10.0 Å². The summed E-state index contributed by atoms with van der Waals surface area (Å²) in [6.07, 6.45) is 2.54. The van der Waals surface area contributed by atoms with Crippen LogP contribution in [0.15, 0.2) is 0 Å². The predicted molar refractivity (Wildman–Crippen MR) is 59.2 cm³/mol. The maximum atomic E-state index is 11.5. The summed E-state index contributed by atoms with van der Waals surface area (Å²) >= 11 is 3.25. The lowest BCUT2D eigenvalue weighted by Gasteiger charge is -2.10. The number of alkyl halides is 1. The SMILES string of the molecule is O=S(=O)(CC1CCCO1)NCCCBr. The van der Waals surface area contributed by atoms with Crippen LogP contribution in [0.2, 0.25) is 0 Å². The normalized spacial score (nSPS) is 22.8. The van der Waals surface area contributed by atoms with Crippen molar-refractivity contribution < 1.29 is 13.2 Å². The Kier molecular flexibility index (Phi) is 5.36. The smallest absolute Gasteiger partial charge is 0.214 e. The molecule has 1 fully saturated rings. The van der Waals surface area contributed by atoms with Crippen LogP contribution in [0, 0.1) is 0 Å². The molecular weight excluding hydrogens is 270 g/mol. The van der Waals surface area contributed by atoms with E-state index in [-0.39, 0.29) is 11.9 Å². The Bertz CT molecular complexity index is 249. The molecule has 0 bridgehead atoms. The van der Waals surface area contributed by atoms with E-state index in [1.165, 1.54) is 0 Å². The Balaban J connectivity index is 2.26. The highest BCUT2D eigenvalue weighted by atomic mass is 79.9. The Morgan fingerprint density at radius 3 is 2.86 bits per heavy atom. The van der Waals surface area contributed by atoms with Crippen LogP contribution >= 0.6 is 15.9 Å². The Hall–Kier alpha value is 0.350. The molecule has 0 aliphatic carbocycles. The fourth-order valence-electron chi connectivity index (χ4n) is 1.37. The van der Waals surface area contributed by atoms with Crippen molar-refractivity contribution in [3.8, 4) is 0 Å². The van der Waals surface area contributed by atoms with Gasteiger partial charge in [0.2, 0.25) is 10.0 Å². The van der Waals surface area contributed by atoms with Gasteiger partial charge in [-0.25, -0.2) is 13.1 Å². The number of sulfonamides is 1. The number of rotatable bonds is 6. The molecule has 1 rings (SSSR count). The van der Waals surface area contributed by atoms with Gasteiger partial charge in [0.25, 0.3) is 0 Å². The molecule has 0 aromatic heterocycles. The van der Waals surface area contributed by atoms with Gasteiger partial charge in [-0.05, 0) is 19.3 Å². The van der Waals surface area contributed by atoms with E-state index in [1.54, 1.807) is 0 Å². The van der Waals surface area contributed by atoms with Gasteiger partial charge in [0, 0.05) is 18.5 Å². The molecule has 4 nitrogen and oxygen atoms in total. The Morgan fingerprint density at radius 1 is 1.50 bits per heavy atom. The number of halogens is 1. The third-order valence-electron chi connectivity index (χ3n) is 2.06. The molecule has 1 unspecified atom stereocenters. The summed E-state index contributed by atoms with van der Waals surface area (Å²) in [7, 11) is -3.13. The fraction of sp³-hybridized carbons (Fsp3) is 1.00. The second kappa shape index (κ2) is 6.05. The molecule has 1 aliphatic rings. The third kappa shape index (κ3) is 4.72. The first-order valence-corrected chi connectivity index (χ1v) is 7.56. The largest absolute Gasteiger partial charge is 0.377 e. The molecule has 1 N–H and O–H groups in total. The quantitative estimate of drug-likeness (QED) is 0.582. The second-order valence-electron chi connectivity index (χ2n) is 3.35. The highest BCUT2D eigenvalue weighted by Gasteiger charge is 2.22. The minimum absolute atomic E-state index is 0.100. The van der Waals surface area contributed by atoms with Gasteiger partial charge in [0.05, 0.1) is 11.9 Å². The topological polar surface area (TPSA) is 55.4 Å². The van der Waals surface area contributed by atoms with Gasteiger partial charge in [-0.2, -0.15) is 0 Å². The predicted octanol–water partition coefficient (Wildman–Crippen LogP) is 0.870. The summed E-state index contributed by atoms with van der Waals surface area (Å²) < 4.78 is 30.7. The van der Waals surface area contributed by atoms with E-state index in [4.69, 9.17) is 4.74 Å². The summed E-state index contributed by atoms with van der Waals surface area (Å²) in [5, 5.41) is 0.815. The lowest BCUT2D eigenvalue weighted by molar-refractivity contribution is 0.127. The summed E-state index contributed by atoms with van der Waals surface area (Å²) in [4.78, 5) is 0. The number of hydrogen-bond donors (Lipinski definition) is 1. The van der Waals surface area contributed by atoms with Crippen LogP contribution in [-0.4, -0.2) is 38.8 Å². The van der Waals surface area contributed by atoms with Gasteiger partial charge in [0.1, 0.15) is 0 Å². The molecule has 1 heterocycles. The second-order valence-corrected chi connectivity index (χ2v) is 6.00. The van der Waals surface area contributed by atoms with Crippen LogP contribution in [0.25, 0.3) is 0 Å². The van der Waals surface area contributed by atoms with Gasteiger partial charge in [-0.15, -0.1) is 0 Å². The minimum atomic E-state index is -3.13. The zero-order chi connectivity index (χ0) is 10.4. The number of hydrogen-bond acceptors (Lipinski definition) is 3. The van der Waals surface area contributed by atoms with Crippen LogP contribution in [0.5, 0.6) is 0 Å². The first-order chi connectivity index (χ1) is 6.64. The van der Waals surface area contributed by atoms with Crippen LogP contribution in [-0.2, 0) is 14.8 Å². The summed E-state index contributed by atoms with van der Waals surface area (Å²) in [5.74, 6) is 0.106. The molecule has 1 aliphatic heterocycles. The zero-order valence-electron chi connectivity index (χ0n) is 8.04. The first-order valence-electron chi connectivity index (χ1n) is 4.79. The number of ether oxygens (including phenoxy) is 1. The van der Waals surface area contributed by atoms with Crippen molar-refractivity contribution in [1.82, 2.24) is 4.72 Å². The molecule has 0 aromatic carbocycles. The summed E-state index contributed by atoms with van der Waals surface area (Å²) in [5.41, 5.74) is 0. The van der Waals surface area contributed by atoms with Crippen molar-refractivity contribution in [2.24, 2.45) is 0 Å². The standard InChI is InChI=1S/C8H16BrNO3S/c9-4-2-5-10-14(11,12)7-8-3-1-6-13-8/h8,10H,1-7H2. The van der Waals surface area contributed by atoms with Crippen LogP contribution in [0.4, 0.5) is 0 Å². The maximum Gasteiger partial charge on any atom is 0.214 e. The van der Waals surface area contributed by atoms with Gasteiger partial charge in [-0.3, -0.25) is 0 Å². The lowest BCUT2D eigenvalue weighted by atomic mass is 10.3. The minimum Gasteiger partial charge on any atom is -0.377 e. The van der Waals surface area contributed by atoms with Crippen LogP contribution in [0.1, 0.15) is 19.3 Å². The molecule has 0 amide bonds. The van der Waals surface area contributed by atoms with Crippen LogP contribution in [0.3, 0.4) is 0 Å². The molecule has 14 heavy (non-hydrogen) atoms. The Labute approximate surface area is 93.6 Å². The van der Waals surface area contributed by atoms with Crippen molar-refractivity contribution in [3.05, 3.63) is 0 Å². The Morgan fingerprint density at radius 2 is 2.29 bits per heavy atom. The highest BCUT2D eigenvalue weighted by Crippen LogP contribution is 2.13. The molecule has 6 heteroatoms. The molecule has 0 aromatic rings. The summed E-state index contributed by atoms with van der Waals surface area (Å²) in [6.45, 7) is 1.20. The van der Waals surface area contributed by atoms with E-state index in [0.717, 1.165) is 24.6 Å². The van der Waals surface area contributed by atoms with E-state index >= 15 is 0 Å². The first kappa shape index (κ1) is 12.4. The third-order valence-corrected chi connectivity index (χ3v) is 4.08. The maximum absolute atomic E-state index is 11.5. The van der Waals surface area contributed by atoms with Gasteiger partial charge in [0.15, 0.2) is 0 Å². The van der Waals surface area contributed by atoms with Crippen molar-refractivity contribution in [2.75, 3.05) is 24.2 Å². The molecule has 0 saturated carbocycles. The van der Waals surface area contributed by atoms with Crippen LogP contribution < -0.4 is 4.72 Å².